The molecule has 1 rings (SSSR count). The summed E-state index contributed by atoms with van der Waals surface area (Å²) in [5.41, 5.74) is 5.59. The highest BCUT2D eigenvalue weighted by Crippen LogP contribution is 2.33. The molecule has 1 saturated heterocycles. The molecule has 0 saturated carbocycles. The zero-order valence-corrected chi connectivity index (χ0v) is 16.6. The Labute approximate surface area is 150 Å². The Morgan fingerprint density at radius 3 is 2.04 bits per heavy atom. The summed E-state index contributed by atoms with van der Waals surface area (Å²) in [6.07, 6.45) is 16.8. The van der Waals surface area contributed by atoms with Crippen molar-refractivity contribution in [2.75, 3.05) is 13.1 Å². The molecule has 1 atom stereocenters. The van der Waals surface area contributed by atoms with Crippen molar-refractivity contribution >= 4 is 5.91 Å². The third kappa shape index (κ3) is 9.05. The van der Waals surface area contributed by atoms with Gasteiger partial charge in [-0.1, -0.05) is 64.7 Å². The van der Waals surface area contributed by atoms with Gasteiger partial charge in [0, 0.05) is 12.0 Å². The van der Waals surface area contributed by atoms with E-state index in [1.807, 2.05) is 0 Å². The van der Waals surface area contributed by atoms with Crippen molar-refractivity contribution in [3.05, 3.63) is 0 Å². The van der Waals surface area contributed by atoms with Crippen LogP contribution in [0.25, 0.3) is 0 Å². The van der Waals surface area contributed by atoms with Gasteiger partial charge in [0.1, 0.15) is 0 Å². The minimum atomic E-state index is -0.140. The molecule has 0 spiro atoms. The molecule has 2 N–H and O–H groups in total. The first kappa shape index (κ1) is 21.5. The molecule has 0 aromatic rings. The van der Waals surface area contributed by atoms with Gasteiger partial charge in [-0.25, -0.2) is 0 Å². The Kier molecular flexibility index (Phi) is 10.6. The Morgan fingerprint density at radius 1 is 1.00 bits per heavy atom. The summed E-state index contributed by atoms with van der Waals surface area (Å²) in [6, 6.07) is 0. The van der Waals surface area contributed by atoms with E-state index >= 15 is 0 Å². The summed E-state index contributed by atoms with van der Waals surface area (Å²) in [5.74, 6) is 0.348. The maximum absolute atomic E-state index is 11.1. The highest BCUT2D eigenvalue weighted by atomic mass is 16.1. The van der Waals surface area contributed by atoms with Crippen LogP contribution in [-0.2, 0) is 4.79 Å². The van der Waals surface area contributed by atoms with Gasteiger partial charge in [0.2, 0.25) is 5.91 Å². The van der Waals surface area contributed by atoms with E-state index in [1.165, 1.54) is 70.8 Å². The molecule has 1 aliphatic rings. The number of nitrogens with zero attached hydrogens (tertiary/aromatic N) is 1. The van der Waals surface area contributed by atoms with E-state index in [0.29, 0.717) is 12.3 Å². The minimum Gasteiger partial charge on any atom is -0.370 e. The fraction of sp³-hybridized carbons (Fsp3) is 0.952. The lowest BCUT2D eigenvalue weighted by atomic mass is 9.81. The van der Waals surface area contributed by atoms with E-state index in [2.05, 4.69) is 25.7 Å². The topological polar surface area (TPSA) is 46.3 Å². The third-order valence-electron chi connectivity index (χ3n) is 5.72. The van der Waals surface area contributed by atoms with Crippen LogP contribution >= 0.6 is 0 Å². The lowest BCUT2D eigenvalue weighted by molar-refractivity contribution is -0.119. The zero-order chi connectivity index (χ0) is 17.8. The van der Waals surface area contributed by atoms with Gasteiger partial charge in [0.15, 0.2) is 0 Å². The summed E-state index contributed by atoms with van der Waals surface area (Å²) >= 11 is 0. The monoisotopic (exact) mass is 338 g/mol. The van der Waals surface area contributed by atoms with Crippen molar-refractivity contribution in [3.63, 3.8) is 0 Å². The van der Waals surface area contributed by atoms with Gasteiger partial charge in [0.25, 0.3) is 0 Å². The second kappa shape index (κ2) is 11.9. The van der Waals surface area contributed by atoms with Gasteiger partial charge in [0.05, 0.1) is 0 Å². The first-order chi connectivity index (χ1) is 11.5. The first-order valence-corrected chi connectivity index (χ1v) is 10.5. The number of carbonyl (C=O) groups excluding carboxylic acids is 1. The molecule has 1 fully saturated rings. The number of rotatable bonds is 13. The van der Waals surface area contributed by atoms with Crippen LogP contribution in [0.1, 0.15) is 104 Å². The van der Waals surface area contributed by atoms with Crippen molar-refractivity contribution in [2.45, 2.75) is 110 Å². The Morgan fingerprint density at radius 2 is 1.54 bits per heavy atom. The molecule has 0 aromatic carbocycles. The number of primary amides is 1. The van der Waals surface area contributed by atoms with E-state index in [-0.39, 0.29) is 11.4 Å². The van der Waals surface area contributed by atoms with Crippen LogP contribution in [-0.4, -0.2) is 29.4 Å². The quantitative estimate of drug-likeness (QED) is 0.465. The third-order valence-corrected chi connectivity index (χ3v) is 5.72. The summed E-state index contributed by atoms with van der Waals surface area (Å²) < 4.78 is 0. The van der Waals surface area contributed by atoms with Crippen molar-refractivity contribution < 1.29 is 4.79 Å². The summed E-state index contributed by atoms with van der Waals surface area (Å²) in [5, 5.41) is 0. The van der Waals surface area contributed by atoms with Crippen LogP contribution in [0.15, 0.2) is 0 Å². The summed E-state index contributed by atoms with van der Waals surface area (Å²) in [4.78, 5) is 13.8. The van der Waals surface area contributed by atoms with Crippen LogP contribution in [0.2, 0.25) is 0 Å². The second-order valence-electron chi connectivity index (χ2n) is 8.51. The minimum absolute atomic E-state index is 0.140. The molecule has 24 heavy (non-hydrogen) atoms. The van der Waals surface area contributed by atoms with E-state index in [9.17, 15) is 4.79 Å². The normalized spacial score (nSPS) is 21.0. The van der Waals surface area contributed by atoms with Crippen molar-refractivity contribution in [1.29, 1.82) is 0 Å². The van der Waals surface area contributed by atoms with Gasteiger partial charge in [-0.3, -0.25) is 9.69 Å². The molecule has 142 valence electrons. The van der Waals surface area contributed by atoms with E-state index in [0.717, 1.165) is 19.4 Å². The predicted octanol–water partition coefficient (Wildman–Crippen LogP) is 5.27. The van der Waals surface area contributed by atoms with Gasteiger partial charge < -0.3 is 5.73 Å². The molecule has 3 heteroatoms. The molecular weight excluding hydrogens is 296 g/mol. The second-order valence-corrected chi connectivity index (χ2v) is 8.51. The number of hydrogen-bond acceptors (Lipinski definition) is 2. The molecule has 0 radical (unpaired) electrons. The standard InChI is InChI=1S/C21H42N2O/c1-4-5-6-7-8-9-10-11-12-13-15-23-16-14-19(17-20(22)24)18-21(23,2)3/h19H,4-18H2,1-3H3,(H2,22,24). The Balaban J connectivity index is 2.05. The Hall–Kier alpha value is -0.570. The van der Waals surface area contributed by atoms with Crippen LogP contribution in [0.4, 0.5) is 0 Å². The van der Waals surface area contributed by atoms with Crippen molar-refractivity contribution in [3.8, 4) is 0 Å². The molecular formula is C21H42N2O. The smallest absolute Gasteiger partial charge is 0.217 e. The lowest BCUT2D eigenvalue weighted by Crippen LogP contribution is -2.50. The summed E-state index contributed by atoms with van der Waals surface area (Å²) in [7, 11) is 0. The average molecular weight is 339 g/mol. The molecule has 1 unspecified atom stereocenters. The van der Waals surface area contributed by atoms with Crippen LogP contribution in [0, 0.1) is 5.92 Å². The predicted molar refractivity (Wildman–Crippen MR) is 104 cm³/mol. The summed E-state index contributed by atoms with van der Waals surface area (Å²) in [6.45, 7) is 9.28. The number of unbranched alkanes of at least 4 members (excludes halogenated alkanes) is 9. The first-order valence-electron chi connectivity index (χ1n) is 10.5. The van der Waals surface area contributed by atoms with Crippen LogP contribution in [0.3, 0.4) is 0 Å². The van der Waals surface area contributed by atoms with Crippen molar-refractivity contribution in [2.24, 2.45) is 11.7 Å². The van der Waals surface area contributed by atoms with Crippen LogP contribution < -0.4 is 5.73 Å². The molecule has 3 nitrogen and oxygen atoms in total. The maximum Gasteiger partial charge on any atom is 0.217 e. The van der Waals surface area contributed by atoms with Crippen molar-refractivity contribution in [1.82, 2.24) is 4.90 Å². The van der Waals surface area contributed by atoms with Gasteiger partial charge in [-0.05, 0) is 52.1 Å². The maximum atomic E-state index is 11.1. The van der Waals surface area contributed by atoms with Gasteiger partial charge in [-0.2, -0.15) is 0 Å². The van der Waals surface area contributed by atoms with E-state index < -0.39 is 0 Å². The fourth-order valence-corrected chi connectivity index (χ4v) is 4.24. The number of amides is 1. The van der Waals surface area contributed by atoms with E-state index in [4.69, 9.17) is 5.73 Å². The number of carbonyl (C=O) groups is 1. The molecule has 0 bridgehead atoms. The number of likely N-dealkylation sites (tertiary alicyclic amines) is 1. The van der Waals surface area contributed by atoms with Gasteiger partial charge in [-0.15, -0.1) is 0 Å². The number of piperidine rings is 1. The molecule has 0 aromatic heterocycles. The molecule has 1 heterocycles. The van der Waals surface area contributed by atoms with E-state index in [1.54, 1.807) is 0 Å². The highest BCUT2D eigenvalue weighted by molar-refractivity contribution is 5.74. The zero-order valence-electron chi connectivity index (χ0n) is 16.6. The lowest BCUT2D eigenvalue weighted by Gasteiger charge is -2.45. The number of hydrogen-bond donors (Lipinski definition) is 1. The Bertz CT molecular complexity index is 341. The average Bonchev–Trinajstić information content (AvgIpc) is 2.49. The molecule has 0 aliphatic carbocycles. The highest BCUT2D eigenvalue weighted by Gasteiger charge is 2.34. The molecule has 1 aliphatic heterocycles. The largest absolute Gasteiger partial charge is 0.370 e. The SMILES string of the molecule is CCCCCCCCCCCCN1CCC(CC(N)=O)CC1(C)C. The van der Waals surface area contributed by atoms with Crippen LogP contribution in [0.5, 0.6) is 0 Å². The van der Waals surface area contributed by atoms with Gasteiger partial charge >= 0.3 is 0 Å². The molecule has 1 amide bonds. The number of nitrogens with two attached hydrogens (primary N) is 1. The fourth-order valence-electron chi connectivity index (χ4n) is 4.24.